The number of esters is 1. The van der Waals surface area contributed by atoms with Crippen LogP contribution >= 0.6 is 0 Å². The molecule has 10 heteroatoms. The fourth-order valence-corrected chi connectivity index (χ4v) is 3.27. The van der Waals surface area contributed by atoms with Crippen molar-refractivity contribution in [3.63, 3.8) is 0 Å². The molecule has 0 fully saturated rings. The molecule has 2 heterocycles. The van der Waals surface area contributed by atoms with Crippen molar-refractivity contribution < 1.29 is 28.3 Å². The van der Waals surface area contributed by atoms with Crippen LogP contribution in [0.2, 0.25) is 0 Å². The SMILES string of the molecule is N#CC1=C(N)Oc2cc(OC(=O)COc3ccccc3[N+](=O)[O-])ccc2C1c1ccco1. The van der Waals surface area contributed by atoms with Gasteiger partial charge in [0.2, 0.25) is 5.88 Å². The van der Waals surface area contributed by atoms with Gasteiger partial charge >= 0.3 is 11.7 Å². The Hall–Kier alpha value is -4.78. The molecule has 1 aliphatic heterocycles. The highest BCUT2D eigenvalue weighted by Crippen LogP contribution is 2.43. The van der Waals surface area contributed by atoms with E-state index in [-0.39, 0.29) is 28.6 Å². The summed E-state index contributed by atoms with van der Waals surface area (Å²) in [4.78, 5) is 22.6. The van der Waals surface area contributed by atoms with Crippen LogP contribution in [0, 0.1) is 21.4 Å². The molecule has 0 spiro atoms. The summed E-state index contributed by atoms with van der Waals surface area (Å²) in [6, 6.07) is 15.8. The molecule has 32 heavy (non-hydrogen) atoms. The second-order valence-corrected chi connectivity index (χ2v) is 6.63. The lowest BCUT2D eigenvalue weighted by atomic mass is 9.87. The van der Waals surface area contributed by atoms with E-state index in [9.17, 15) is 20.2 Å². The van der Waals surface area contributed by atoms with Crippen LogP contribution in [0.15, 0.2) is 76.7 Å². The molecule has 0 saturated heterocycles. The molecule has 0 amide bonds. The number of hydrogen-bond acceptors (Lipinski definition) is 9. The number of nitro groups is 1. The summed E-state index contributed by atoms with van der Waals surface area (Å²) in [6.07, 6.45) is 1.49. The van der Waals surface area contributed by atoms with Crippen molar-refractivity contribution in [3.05, 3.63) is 93.8 Å². The molecule has 1 aliphatic rings. The first-order valence-corrected chi connectivity index (χ1v) is 9.29. The molecule has 160 valence electrons. The first kappa shape index (κ1) is 20.5. The number of para-hydroxylation sites is 2. The summed E-state index contributed by atoms with van der Waals surface area (Å²) in [5.74, 6) is -0.514. The smallest absolute Gasteiger partial charge is 0.349 e. The van der Waals surface area contributed by atoms with Crippen molar-refractivity contribution >= 4 is 11.7 Å². The minimum atomic E-state index is -0.775. The number of fused-ring (bicyclic) bond motifs is 1. The standard InChI is InChI=1S/C22H15N3O7/c23-11-15-21(18-6-3-9-29-18)14-8-7-13(10-19(14)32-22(15)24)31-20(26)12-30-17-5-2-1-4-16(17)25(27)28/h1-10,21H,12,24H2. The number of carbonyl (C=O) groups excluding carboxylic acids is 1. The number of nitro benzene ring substituents is 1. The van der Waals surface area contributed by atoms with E-state index >= 15 is 0 Å². The van der Waals surface area contributed by atoms with Gasteiger partial charge in [0, 0.05) is 17.7 Å². The van der Waals surface area contributed by atoms with Gasteiger partial charge < -0.3 is 24.4 Å². The Morgan fingerprint density at radius 2 is 2.03 bits per heavy atom. The molecule has 1 unspecified atom stereocenters. The van der Waals surface area contributed by atoms with Crippen molar-refractivity contribution in [2.75, 3.05) is 6.61 Å². The molecule has 3 aromatic rings. The number of nitrogens with two attached hydrogens (primary N) is 1. The third-order valence-corrected chi connectivity index (χ3v) is 4.66. The largest absolute Gasteiger partial charge is 0.475 e. The summed E-state index contributed by atoms with van der Waals surface area (Å²) in [7, 11) is 0. The Balaban J connectivity index is 1.51. The van der Waals surface area contributed by atoms with Gasteiger partial charge in [-0.2, -0.15) is 5.26 Å². The quantitative estimate of drug-likeness (QED) is 0.267. The third kappa shape index (κ3) is 3.95. The average Bonchev–Trinajstić information content (AvgIpc) is 3.31. The van der Waals surface area contributed by atoms with Gasteiger partial charge in [-0.3, -0.25) is 10.1 Å². The Morgan fingerprint density at radius 1 is 1.22 bits per heavy atom. The summed E-state index contributed by atoms with van der Waals surface area (Å²) < 4.78 is 21.5. The van der Waals surface area contributed by atoms with Crippen LogP contribution < -0.4 is 19.9 Å². The van der Waals surface area contributed by atoms with Gasteiger partial charge in [0.05, 0.1) is 17.1 Å². The number of nitriles is 1. The molecule has 2 N–H and O–H groups in total. The van der Waals surface area contributed by atoms with E-state index < -0.39 is 23.4 Å². The summed E-state index contributed by atoms with van der Waals surface area (Å²) >= 11 is 0. The summed E-state index contributed by atoms with van der Waals surface area (Å²) in [6.45, 7) is -0.543. The van der Waals surface area contributed by atoms with Crippen LogP contribution in [-0.4, -0.2) is 17.5 Å². The molecule has 0 aliphatic carbocycles. The number of benzene rings is 2. The number of carbonyl (C=O) groups is 1. The van der Waals surface area contributed by atoms with E-state index in [4.69, 9.17) is 24.4 Å². The second-order valence-electron chi connectivity index (χ2n) is 6.63. The van der Waals surface area contributed by atoms with Crippen molar-refractivity contribution in [1.29, 1.82) is 5.26 Å². The molecule has 10 nitrogen and oxygen atoms in total. The van der Waals surface area contributed by atoms with Gasteiger partial charge in [-0.1, -0.05) is 18.2 Å². The zero-order chi connectivity index (χ0) is 22.7. The number of ether oxygens (including phenoxy) is 3. The number of allylic oxidation sites excluding steroid dienone is 1. The van der Waals surface area contributed by atoms with E-state index in [1.54, 1.807) is 24.3 Å². The number of furan rings is 1. The Morgan fingerprint density at radius 3 is 2.75 bits per heavy atom. The Kier molecular flexibility index (Phi) is 5.46. The Labute approximate surface area is 181 Å². The maximum atomic E-state index is 12.2. The monoisotopic (exact) mass is 433 g/mol. The highest BCUT2D eigenvalue weighted by atomic mass is 16.6. The molecule has 4 rings (SSSR count). The van der Waals surface area contributed by atoms with Crippen LogP contribution in [0.5, 0.6) is 17.2 Å². The van der Waals surface area contributed by atoms with E-state index in [0.717, 1.165) is 0 Å². The highest BCUT2D eigenvalue weighted by Gasteiger charge is 2.32. The van der Waals surface area contributed by atoms with E-state index in [0.29, 0.717) is 17.1 Å². The highest BCUT2D eigenvalue weighted by molar-refractivity contribution is 5.74. The van der Waals surface area contributed by atoms with Crippen LogP contribution in [0.1, 0.15) is 17.2 Å². The molecule has 0 radical (unpaired) electrons. The predicted molar refractivity (Wildman–Crippen MR) is 109 cm³/mol. The zero-order valence-corrected chi connectivity index (χ0v) is 16.4. The van der Waals surface area contributed by atoms with Crippen LogP contribution in [0.3, 0.4) is 0 Å². The third-order valence-electron chi connectivity index (χ3n) is 4.66. The van der Waals surface area contributed by atoms with Crippen LogP contribution in [-0.2, 0) is 4.79 Å². The van der Waals surface area contributed by atoms with E-state index in [2.05, 4.69) is 0 Å². The van der Waals surface area contributed by atoms with Crippen molar-refractivity contribution in [3.8, 4) is 23.3 Å². The van der Waals surface area contributed by atoms with Gasteiger partial charge in [0.25, 0.3) is 0 Å². The zero-order valence-electron chi connectivity index (χ0n) is 16.4. The van der Waals surface area contributed by atoms with Gasteiger partial charge in [0.1, 0.15) is 28.9 Å². The number of rotatable bonds is 6. The molecular formula is C22H15N3O7. The second kappa shape index (κ2) is 8.53. The molecule has 1 aromatic heterocycles. The van der Waals surface area contributed by atoms with Crippen molar-refractivity contribution in [1.82, 2.24) is 0 Å². The van der Waals surface area contributed by atoms with Gasteiger partial charge in [0.15, 0.2) is 12.4 Å². The number of hydrogen-bond donors (Lipinski definition) is 1. The van der Waals surface area contributed by atoms with E-state index in [1.807, 2.05) is 6.07 Å². The lowest BCUT2D eigenvalue weighted by Gasteiger charge is -2.25. The average molecular weight is 433 g/mol. The first-order chi connectivity index (χ1) is 15.5. The molecular weight excluding hydrogens is 418 g/mol. The van der Waals surface area contributed by atoms with Crippen molar-refractivity contribution in [2.45, 2.75) is 5.92 Å². The van der Waals surface area contributed by atoms with Gasteiger partial charge in [-0.15, -0.1) is 0 Å². The summed E-state index contributed by atoms with van der Waals surface area (Å²) in [5.41, 5.74) is 6.47. The lowest BCUT2D eigenvalue weighted by Crippen LogP contribution is -2.21. The van der Waals surface area contributed by atoms with E-state index in [1.165, 1.54) is 36.6 Å². The molecule has 1 atom stereocenters. The molecule has 0 bridgehead atoms. The van der Waals surface area contributed by atoms with Gasteiger partial charge in [-0.05, 0) is 24.3 Å². The maximum Gasteiger partial charge on any atom is 0.349 e. The first-order valence-electron chi connectivity index (χ1n) is 9.29. The van der Waals surface area contributed by atoms with Crippen molar-refractivity contribution in [2.24, 2.45) is 5.73 Å². The lowest BCUT2D eigenvalue weighted by molar-refractivity contribution is -0.385. The van der Waals surface area contributed by atoms with Gasteiger partial charge in [-0.25, -0.2) is 4.79 Å². The fourth-order valence-electron chi connectivity index (χ4n) is 3.27. The molecule has 0 saturated carbocycles. The normalized spacial score (nSPS) is 14.7. The minimum Gasteiger partial charge on any atom is -0.475 e. The molecule has 2 aromatic carbocycles. The van der Waals surface area contributed by atoms with Crippen LogP contribution in [0.25, 0.3) is 0 Å². The summed E-state index contributed by atoms with van der Waals surface area (Å²) in [5, 5.41) is 20.5. The Bertz CT molecular complexity index is 1260. The topological polar surface area (TPSA) is 151 Å². The number of nitrogens with zero attached hydrogens (tertiary/aromatic N) is 2. The minimum absolute atomic E-state index is 0.0496. The maximum absolute atomic E-state index is 12.2. The predicted octanol–water partition coefficient (Wildman–Crippen LogP) is 3.39. The van der Waals surface area contributed by atoms with Crippen LogP contribution in [0.4, 0.5) is 5.69 Å². The fraction of sp³-hybridized carbons (Fsp3) is 0.0909.